The van der Waals surface area contributed by atoms with Crippen LogP contribution in [0, 0.1) is 5.92 Å². The summed E-state index contributed by atoms with van der Waals surface area (Å²) in [5.41, 5.74) is 0.690. The molecule has 90 valence electrons. The van der Waals surface area contributed by atoms with Crippen LogP contribution in [0.3, 0.4) is 0 Å². The van der Waals surface area contributed by atoms with Crippen molar-refractivity contribution in [3.8, 4) is 0 Å². The fourth-order valence-electron chi connectivity index (χ4n) is 3.11. The van der Waals surface area contributed by atoms with Crippen molar-refractivity contribution in [3.63, 3.8) is 0 Å². The van der Waals surface area contributed by atoms with Gasteiger partial charge in [-0.2, -0.15) is 0 Å². The fourth-order valence-corrected chi connectivity index (χ4v) is 7.46. The zero-order valence-electron chi connectivity index (χ0n) is 11.5. The molecule has 0 aromatic heterocycles. The molecule has 0 N–H and O–H groups in total. The minimum Gasteiger partial charge on any atom is -0.309 e. The molecule has 16 heavy (non-hydrogen) atoms. The molecular formula is C14H25NSi. The topological polar surface area (TPSA) is 3.24 Å². The van der Waals surface area contributed by atoms with Crippen molar-refractivity contribution in [2.24, 2.45) is 5.92 Å². The molecule has 0 saturated heterocycles. The minimum atomic E-state index is -1.41. The second-order valence-electron chi connectivity index (χ2n) is 5.74. The second-order valence-corrected chi connectivity index (χ2v) is 10.4. The van der Waals surface area contributed by atoms with Gasteiger partial charge in [-0.3, -0.25) is 0 Å². The zero-order valence-corrected chi connectivity index (χ0v) is 12.5. The summed E-state index contributed by atoms with van der Waals surface area (Å²) >= 11 is 0. The number of hydrogen-bond donors (Lipinski definition) is 0. The van der Waals surface area contributed by atoms with Crippen molar-refractivity contribution in [2.45, 2.75) is 32.6 Å². The lowest BCUT2D eigenvalue weighted by molar-refractivity contribution is 0.301. The van der Waals surface area contributed by atoms with Gasteiger partial charge < -0.3 is 4.90 Å². The third-order valence-electron chi connectivity index (χ3n) is 3.45. The van der Waals surface area contributed by atoms with Gasteiger partial charge in [-0.25, -0.2) is 0 Å². The van der Waals surface area contributed by atoms with Crippen LogP contribution in [0.1, 0.15) is 13.8 Å². The summed E-state index contributed by atoms with van der Waals surface area (Å²) in [7, 11) is 3.01. The lowest BCUT2D eigenvalue weighted by Gasteiger charge is -2.40. The van der Waals surface area contributed by atoms with E-state index in [9.17, 15) is 0 Å². The lowest BCUT2D eigenvalue weighted by atomic mass is 10.2. The SMILES string of the molecule is CC(C)[C@H](N(C)C)[Si](C)(C)c1ccccc1. The smallest absolute Gasteiger partial charge is 0.0990 e. The van der Waals surface area contributed by atoms with Gasteiger partial charge in [0.05, 0.1) is 8.07 Å². The minimum absolute atomic E-state index is 0.690. The van der Waals surface area contributed by atoms with Crippen LogP contribution in [0.25, 0.3) is 0 Å². The number of rotatable bonds is 4. The Hall–Kier alpha value is -0.603. The molecule has 0 heterocycles. The Morgan fingerprint density at radius 2 is 1.50 bits per heavy atom. The predicted octanol–water partition coefficient (Wildman–Crippen LogP) is 2.73. The van der Waals surface area contributed by atoms with Gasteiger partial charge in [-0.1, -0.05) is 62.5 Å². The Kier molecular flexibility index (Phi) is 4.33. The molecular weight excluding hydrogens is 210 g/mol. The maximum Gasteiger partial charge on any atom is 0.0990 e. The van der Waals surface area contributed by atoms with Gasteiger partial charge in [0, 0.05) is 5.67 Å². The van der Waals surface area contributed by atoms with E-state index in [1.807, 2.05) is 0 Å². The molecule has 1 aromatic rings. The summed E-state index contributed by atoms with van der Waals surface area (Å²) in [6.07, 6.45) is 0. The maximum absolute atomic E-state index is 2.48. The second kappa shape index (κ2) is 5.15. The lowest BCUT2D eigenvalue weighted by Crippen LogP contribution is -2.60. The number of benzene rings is 1. The van der Waals surface area contributed by atoms with E-state index in [1.54, 1.807) is 5.19 Å². The molecule has 1 atom stereocenters. The first-order valence-corrected chi connectivity index (χ1v) is 9.17. The molecule has 0 spiro atoms. The van der Waals surface area contributed by atoms with Crippen LogP contribution in [0.4, 0.5) is 0 Å². The van der Waals surface area contributed by atoms with Crippen molar-refractivity contribution in [1.82, 2.24) is 4.90 Å². The first kappa shape index (κ1) is 13.5. The Balaban J connectivity index is 3.08. The molecule has 2 heteroatoms. The molecule has 0 fully saturated rings. The van der Waals surface area contributed by atoms with Gasteiger partial charge in [-0.05, 0) is 20.0 Å². The Morgan fingerprint density at radius 1 is 1.00 bits per heavy atom. The third kappa shape index (κ3) is 2.74. The molecule has 0 aliphatic rings. The highest BCUT2D eigenvalue weighted by Gasteiger charge is 2.36. The van der Waals surface area contributed by atoms with Crippen LogP contribution in [0.2, 0.25) is 13.1 Å². The monoisotopic (exact) mass is 235 g/mol. The van der Waals surface area contributed by atoms with Gasteiger partial charge in [0.1, 0.15) is 0 Å². The van der Waals surface area contributed by atoms with Gasteiger partial charge in [-0.15, -0.1) is 0 Å². The Bertz CT molecular complexity index is 309. The van der Waals surface area contributed by atoms with Crippen molar-refractivity contribution in [2.75, 3.05) is 14.1 Å². The summed E-state index contributed by atoms with van der Waals surface area (Å²) in [5, 5.41) is 1.56. The van der Waals surface area contributed by atoms with E-state index >= 15 is 0 Å². The van der Waals surface area contributed by atoms with Crippen molar-refractivity contribution < 1.29 is 0 Å². The predicted molar refractivity (Wildman–Crippen MR) is 75.9 cm³/mol. The Morgan fingerprint density at radius 3 is 1.88 bits per heavy atom. The molecule has 0 aliphatic carbocycles. The maximum atomic E-state index is 2.48. The van der Waals surface area contributed by atoms with Gasteiger partial charge >= 0.3 is 0 Å². The van der Waals surface area contributed by atoms with Crippen molar-refractivity contribution >= 4 is 13.3 Å². The summed E-state index contributed by atoms with van der Waals surface area (Å²) in [6.45, 7) is 9.63. The summed E-state index contributed by atoms with van der Waals surface area (Å²) in [4.78, 5) is 2.41. The first-order valence-electron chi connectivity index (χ1n) is 6.09. The van der Waals surface area contributed by atoms with Crippen LogP contribution in [0.15, 0.2) is 30.3 Å². The standard InChI is InChI=1S/C14H25NSi/c1-12(2)14(15(3)4)16(5,6)13-10-8-7-9-11-13/h7-12,14H,1-6H3/t14-/m1/s1. The van der Waals surface area contributed by atoms with Crippen molar-refractivity contribution in [1.29, 1.82) is 0 Å². The van der Waals surface area contributed by atoms with E-state index in [-0.39, 0.29) is 0 Å². The molecule has 1 aromatic carbocycles. The number of nitrogens with zero attached hydrogens (tertiary/aromatic N) is 1. The summed E-state index contributed by atoms with van der Waals surface area (Å²) < 4.78 is 0. The van der Waals surface area contributed by atoms with Crippen LogP contribution >= 0.6 is 0 Å². The molecule has 1 rings (SSSR count). The largest absolute Gasteiger partial charge is 0.309 e. The molecule has 0 amide bonds. The highest BCUT2D eigenvalue weighted by molar-refractivity contribution is 6.91. The molecule has 1 nitrogen and oxygen atoms in total. The van der Waals surface area contributed by atoms with Crippen LogP contribution in [-0.2, 0) is 0 Å². The van der Waals surface area contributed by atoms with Gasteiger partial charge in [0.15, 0.2) is 0 Å². The van der Waals surface area contributed by atoms with Gasteiger partial charge in [0.2, 0.25) is 0 Å². The highest BCUT2D eigenvalue weighted by Crippen LogP contribution is 2.20. The summed E-state index contributed by atoms with van der Waals surface area (Å²) in [5.74, 6) is 0.705. The molecule has 0 radical (unpaired) electrons. The molecule has 0 saturated carbocycles. The van der Waals surface area contributed by atoms with E-state index < -0.39 is 8.07 Å². The van der Waals surface area contributed by atoms with E-state index in [2.05, 4.69) is 76.3 Å². The van der Waals surface area contributed by atoms with E-state index in [0.29, 0.717) is 11.6 Å². The van der Waals surface area contributed by atoms with E-state index in [1.165, 1.54) is 0 Å². The quantitative estimate of drug-likeness (QED) is 0.725. The van der Waals surface area contributed by atoms with Crippen LogP contribution < -0.4 is 5.19 Å². The van der Waals surface area contributed by atoms with Gasteiger partial charge in [0.25, 0.3) is 0 Å². The first-order chi connectivity index (χ1) is 7.37. The van der Waals surface area contributed by atoms with Crippen LogP contribution in [0.5, 0.6) is 0 Å². The average Bonchev–Trinajstić information content (AvgIpc) is 2.17. The third-order valence-corrected chi connectivity index (χ3v) is 7.93. The van der Waals surface area contributed by atoms with E-state index in [4.69, 9.17) is 0 Å². The molecule has 0 bridgehead atoms. The zero-order chi connectivity index (χ0) is 12.3. The summed E-state index contributed by atoms with van der Waals surface area (Å²) in [6, 6.07) is 11.0. The van der Waals surface area contributed by atoms with E-state index in [0.717, 1.165) is 0 Å². The molecule has 0 aliphatic heterocycles. The molecule has 0 unspecified atom stereocenters. The Labute approximate surface area is 101 Å². The highest BCUT2D eigenvalue weighted by atomic mass is 28.3. The van der Waals surface area contributed by atoms with Crippen molar-refractivity contribution in [3.05, 3.63) is 30.3 Å². The average molecular weight is 235 g/mol. The fraction of sp³-hybridized carbons (Fsp3) is 0.571. The number of hydrogen-bond acceptors (Lipinski definition) is 1. The normalized spacial score (nSPS) is 14.5. The van der Waals surface area contributed by atoms with Crippen LogP contribution in [-0.4, -0.2) is 32.7 Å².